The Morgan fingerprint density at radius 3 is 2.59 bits per heavy atom. The zero-order chi connectivity index (χ0) is 20.9. The lowest BCUT2D eigenvalue weighted by molar-refractivity contribution is 0.0635. The third kappa shape index (κ3) is 6.61. The van der Waals surface area contributed by atoms with Gasteiger partial charge in [0.25, 0.3) is 5.91 Å². The first-order chi connectivity index (χ1) is 13.8. The van der Waals surface area contributed by atoms with Crippen LogP contribution in [0.25, 0.3) is 0 Å². The largest absolute Gasteiger partial charge is 0.444 e. The van der Waals surface area contributed by atoms with Gasteiger partial charge in [0.15, 0.2) is 0 Å². The molecule has 2 N–H and O–H groups in total. The highest BCUT2D eigenvalue weighted by atomic mass is 16.6. The number of carbonyl (C=O) groups excluding carboxylic acids is 2. The summed E-state index contributed by atoms with van der Waals surface area (Å²) >= 11 is 0. The van der Waals surface area contributed by atoms with Gasteiger partial charge in [-0.25, -0.2) is 4.79 Å². The van der Waals surface area contributed by atoms with Crippen molar-refractivity contribution in [3.8, 4) is 0 Å². The highest BCUT2D eigenvalue weighted by Crippen LogP contribution is 2.16. The number of anilines is 1. The van der Waals surface area contributed by atoms with Gasteiger partial charge in [-0.2, -0.15) is 0 Å². The summed E-state index contributed by atoms with van der Waals surface area (Å²) in [5.41, 5.74) is 1.75. The highest BCUT2D eigenvalue weighted by Gasteiger charge is 2.24. The number of likely N-dealkylation sites (tertiary alicyclic amines) is 1. The number of nitrogens with zero attached hydrogens (tertiary/aromatic N) is 1. The van der Waals surface area contributed by atoms with Crippen molar-refractivity contribution in [1.29, 1.82) is 0 Å². The first kappa shape index (κ1) is 20.9. The van der Waals surface area contributed by atoms with Crippen molar-refractivity contribution in [2.45, 2.75) is 45.4 Å². The second-order valence-corrected chi connectivity index (χ2v) is 8.39. The maximum absolute atomic E-state index is 12.7. The van der Waals surface area contributed by atoms with Crippen molar-refractivity contribution >= 4 is 17.7 Å². The molecule has 0 spiro atoms. The minimum atomic E-state index is -0.576. The number of hydrogen-bond donors (Lipinski definition) is 2. The van der Waals surface area contributed by atoms with Crippen LogP contribution in [0, 0.1) is 0 Å². The van der Waals surface area contributed by atoms with Crippen LogP contribution in [-0.4, -0.2) is 41.6 Å². The molecule has 1 atom stereocenters. The average Bonchev–Trinajstić information content (AvgIpc) is 3.08. The van der Waals surface area contributed by atoms with Crippen molar-refractivity contribution in [1.82, 2.24) is 10.2 Å². The molecule has 1 heterocycles. The van der Waals surface area contributed by atoms with Gasteiger partial charge >= 0.3 is 6.09 Å². The van der Waals surface area contributed by atoms with Crippen LogP contribution >= 0.6 is 0 Å². The summed E-state index contributed by atoms with van der Waals surface area (Å²) in [5.74, 6) is -0.135. The summed E-state index contributed by atoms with van der Waals surface area (Å²) in [6.45, 7) is 8.09. The molecule has 1 fully saturated rings. The summed E-state index contributed by atoms with van der Waals surface area (Å²) in [6, 6.07) is 17.4. The molecular weight excluding hydrogens is 366 g/mol. The molecule has 29 heavy (non-hydrogen) atoms. The van der Waals surface area contributed by atoms with E-state index in [9.17, 15) is 9.59 Å². The second-order valence-electron chi connectivity index (χ2n) is 8.39. The summed E-state index contributed by atoms with van der Waals surface area (Å²) in [7, 11) is 0. The number of amides is 2. The minimum Gasteiger partial charge on any atom is -0.444 e. The molecule has 0 aliphatic carbocycles. The van der Waals surface area contributed by atoms with Gasteiger partial charge in [0, 0.05) is 36.9 Å². The summed E-state index contributed by atoms with van der Waals surface area (Å²) in [4.78, 5) is 26.9. The fourth-order valence-corrected chi connectivity index (χ4v) is 3.36. The van der Waals surface area contributed by atoms with Crippen molar-refractivity contribution in [3.63, 3.8) is 0 Å². The molecule has 0 aromatic heterocycles. The van der Waals surface area contributed by atoms with Gasteiger partial charge in [-0.1, -0.05) is 36.4 Å². The molecule has 1 aliphatic rings. The van der Waals surface area contributed by atoms with Crippen LogP contribution in [0.3, 0.4) is 0 Å². The van der Waals surface area contributed by atoms with E-state index in [1.165, 1.54) is 5.56 Å². The molecule has 6 heteroatoms. The molecule has 0 unspecified atom stereocenters. The first-order valence-electron chi connectivity index (χ1n) is 9.96. The third-order valence-electron chi connectivity index (χ3n) is 4.63. The quantitative estimate of drug-likeness (QED) is 0.802. The van der Waals surface area contributed by atoms with E-state index in [0.29, 0.717) is 11.3 Å². The SMILES string of the molecule is CC(C)(C)OC(=O)Nc1cccc(C(=O)N[C@@H]2CCN(Cc3ccccc3)C2)c1. The van der Waals surface area contributed by atoms with Crippen LogP contribution in [0.1, 0.15) is 43.1 Å². The van der Waals surface area contributed by atoms with Crippen LogP contribution < -0.4 is 10.6 Å². The molecule has 0 saturated carbocycles. The van der Waals surface area contributed by atoms with Gasteiger partial charge in [0.05, 0.1) is 0 Å². The number of carbonyl (C=O) groups is 2. The van der Waals surface area contributed by atoms with Crippen LogP contribution in [-0.2, 0) is 11.3 Å². The molecule has 2 aromatic carbocycles. The zero-order valence-electron chi connectivity index (χ0n) is 17.3. The lowest BCUT2D eigenvalue weighted by atomic mass is 10.1. The van der Waals surface area contributed by atoms with Gasteiger partial charge in [0.2, 0.25) is 0 Å². The van der Waals surface area contributed by atoms with Gasteiger partial charge < -0.3 is 10.1 Å². The highest BCUT2D eigenvalue weighted by molar-refractivity contribution is 5.96. The normalized spacial score (nSPS) is 17.0. The van der Waals surface area contributed by atoms with E-state index in [1.54, 1.807) is 45.0 Å². The Balaban J connectivity index is 1.52. The molecule has 0 bridgehead atoms. The average molecular weight is 396 g/mol. The number of nitrogens with one attached hydrogen (secondary N) is 2. The van der Waals surface area contributed by atoms with E-state index >= 15 is 0 Å². The van der Waals surface area contributed by atoms with E-state index in [0.717, 1.165) is 26.1 Å². The number of rotatable bonds is 5. The van der Waals surface area contributed by atoms with Gasteiger partial charge in [0.1, 0.15) is 5.60 Å². The molecule has 1 saturated heterocycles. The first-order valence-corrected chi connectivity index (χ1v) is 9.96. The Hall–Kier alpha value is -2.86. The monoisotopic (exact) mass is 395 g/mol. The number of ether oxygens (including phenoxy) is 1. The Morgan fingerprint density at radius 2 is 1.86 bits per heavy atom. The topological polar surface area (TPSA) is 70.7 Å². The van der Waals surface area contributed by atoms with Crippen molar-refractivity contribution in [3.05, 3.63) is 65.7 Å². The number of benzene rings is 2. The Kier molecular flexibility index (Phi) is 6.54. The van der Waals surface area contributed by atoms with Crippen molar-refractivity contribution in [2.75, 3.05) is 18.4 Å². The van der Waals surface area contributed by atoms with Crippen molar-refractivity contribution < 1.29 is 14.3 Å². The molecule has 1 aliphatic heterocycles. The Morgan fingerprint density at radius 1 is 1.10 bits per heavy atom. The van der Waals surface area contributed by atoms with Gasteiger partial charge in [-0.3, -0.25) is 15.0 Å². The molecule has 0 radical (unpaired) electrons. The predicted molar refractivity (Wildman–Crippen MR) is 114 cm³/mol. The molecule has 6 nitrogen and oxygen atoms in total. The summed E-state index contributed by atoms with van der Waals surface area (Å²) in [6.07, 6.45) is 0.386. The van der Waals surface area contributed by atoms with E-state index in [1.807, 2.05) is 18.2 Å². The standard InChI is InChI=1S/C23H29N3O3/c1-23(2,3)29-22(28)25-19-11-7-10-18(14-19)21(27)24-20-12-13-26(16-20)15-17-8-5-4-6-9-17/h4-11,14,20H,12-13,15-16H2,1-3H3,(H,24,27)(H,25,28)/t20-/m1/s1. The van der Waals surface area contributed by atoms with Crippen LogP contribution in [0.15, 0.2) is 54.6 Å². The van der Waals surface area contributed by atoms with E-state index < -0.39 is 11.7 Å². The van der Waals surface area contributed by atoms with Crippen LogP contribution in [0.5, 0.6) is 0 Å². The minimum absolute atomic E-state index is 0.119. The third-order valence-corrected chi connectivity index (χ3v) is 4.63. The second kappa shape index (κ2) is 9.09. The molecule has 2 amide bonds. The summed E-state index contributed by atoms with van der Waals surface area (Å²) in [5, 5.41) is 5.78. The van der Waals surface area contributed by atoms with E-state index in [2.05, 4.69) is 27.7 Å². The molecule has 3 rings (SSSR count). The fraction of sp³-hybridized carbons (Fsp3) is 0.391. The lowest BCUT2D eigenvalue weighted by Crippen LogP contribution is -2.37. The maximum Gasteiger partial charge on any atom is 0.412 e. The van der Waals surface area contributed by atoms with Crippen LogP contribution in [0.4, 0.5) is 10.5 Å². The van der Waals surface area contributed by atoms with Crippen molar-refractivity contribution in [2.24, 2.45) is 0 Å². The maximum atomic E-state index is 12.7. The Bertz CT molecular complexity index is 846. The predicted octanol–water partition coefficient (Wildman–Crippen LogP) is 4.04. The smallest absolute Gasteiger partial charge is 0.412 e. The molecule has 2 aromatic rings. The van der Waals surface area contributed by atoms with E-state index in [4.69, 9.17) is 4.74 Å². The molecule has 154 valence electrons. The van der Waals surface area contributed by atoms with E-state index in [-0.39, 0.29) is 11.9 Å². The van der Waals surface area contributed by atoms with Gasteiger partial charge in [-0.15, -0.1) is 0 Å². The van der Waals surface area contributed by atoms with Gasteiger partial charge in [-0.05, 0) is 51.0 Å². The Labute approximate surface area is 172 Å². The van der Waals surface area contributed by atoms with Crippen LogP contribution in [0.2, 0.25) is 0 Å². The fourth-order valence-electron chi connectivity index (χ4n) is 3.36. The summed E-state index contributed by atoms with van der Waals surface area (Å²) < 4.78 is 5.25. The zero-order valence-corrected chi connectivity index (χ0v) is 17.3. The number of hydrogen-bond acceptors (Lipinski definition) is 4. The molecular formula is C23H29N3O3. The lowest BCUT2D eigenvalue weighted by Gasteiger charge is -2.20.